The molecule has 0 aliphatic carbocycles. The number of rotatable bonds is 0. The molecule has 4 heteroatoms. The molecule has 0 radical (unpaired) electrons. The molecule has 1 nitrogen and oxygen atoms in total. The van der Waals surface area contributed by atoms with Crippen LogP contribution in [0.4, 0.5) is 13.2 Å². The van der Waals surface area contributed by atoms with E-state index in [1.807, 2.05) is 0 Å². The summed E-state index contributed by atoms with van der Waals surface area (Å²) in [5.41, 5.74) is 0. The fraction of sp³-hybridized carbons (Fsp3) is 0.500. The number of alkyl halides is 3. The van der Waals surface area contributed by atoms with Gasteiger partial charge >= 0.3 is 6.18 Å². The van der Waals surface area contributed by atoms with E-state index >= 15 is 0 Å². The van der Waals surface area contributed by atoms with E-state index in [2.05, 4.69) is 4.99 Å². The Bertz CT molecular complexity index is 156. The van der Waals surface area contributed by atoms with Crippen LogP contribution in [-0.4, -0.2) is 18.4 Å². The second-order valence-electron chi connectivity index (χ2n) is 1.98. The number of allylic oxidation sites excluding steroid dienone is 1. The van der Waals surface area contributed by atoms with Crippen LogP contribution in [0.2, 0.25) is 0 Å². The summed E-state index contributed by atoms with van der Waals surface area (Å²) >= 11 is 0. The van der Waals surface area contributed by atoms with Crippen LogP contribution in [0.25, 0.3) is 0 Å². The number of nitrogens with zero attached hydrogens (tertiary/aromatic N) is 1. The van der Waals surface area contributed by atoms with E-state index in [0.717, 1.165) is 6.08 Å². The van der Waals surface area contributed by atoms with E-state index in [1.165, 1.54) is 12.3 Å². The van der Waals surface area contributed by atoms with Gasteiger partial charge in [0.2, 0.25) is 0 Å². The highest BCUT2D eigenvalue weighted by molar-refractivity contribution is 5.61. The molecule has 10 heavy (non-hydrogen) atoms. The number of dihydropyridines is 1. The van der Waals surface area contributed by atoms with Gasteiger partial charge in [-0.3, -0.25) is 4.99 Å². The van der Waals surface area contributed by atoms with Gasteiger partial charge in [-0.2, -0.15) is 13.2 Å². The summed E-state index contributed by atoms with van der Waals surface area (Å²) in [7, 11) is 0. The predicted octanol–water partition coefficient (Wildman–Crippen LogP) is 1.95. The third kappa shape index (κ3) is 1.59. The minimum absolute atomic E-state index is 0.507. The summed E-state index contributed by atoms with van der Waals surface area (Å²) in [6.07, 6.45) is 0.101. The second-order valence-corrected chi connectivity index (χ2v) is 1.98. The van der Waals surface area contributed by atoms with Gasteiger partial charge in [0.15, 0.2) is 6.04 Å². The highest BCUT2D eigenvalue weighted by Gasteiger charge is 2.37. The average molecular weight is 149 g/mol. The Morgan fingerprint density at radius 3 is 2.40 bits per heavy atom. The maximum atomic E-state index is 11.8. The minimum Gasteiger partial charge on any atom is -0.280 e. The number of aliphatic imine (C=N–C) groups is 1. The van der Waals surface area contributed by atoms with Crippen molar-refractivity contribution in [1.29, 1.82) is 0 Å². The van der Waals surface area contributed by atoms with Gasteiger partial charge in [-0.05, 0) is 0 Å². The molecule has 0 unspecified atom stereocenters. The highest BCUT2D eigenvalue weighted by atomic mass is 19.4. The zero-order valence-electron chi connectivity index (χ0n) is 5.10. The first-order valence-corrected chi connectivity index (χ1v) is 2.86. The van der Waals surface area contributed by atoms with Crippen LogP contribution in [0.15, 0.2) is 17.1 Å². The predicted molar refractivity (Wildman–Crippen MR) is 32.1 cm³/mol. The molecule has 0 fully saturated rings. The van der Waals surface area contributed by atoms with Crippen molar-refractivity contribution in [2.45, 2.75) is 18.6 Å². The van der Waals surface area contributed by atoms with E-state index in [1.54, 1.807) is 0 Å². The fourth-order valence-corrected chi connectivity index (χ4v) is 0.686. The SMILES string of the molecule is FC(F)(F)[C@@H]1C=CCC=N1. The van der Waals surface area contributed by atoms with E-state index in [9.17, 15) is 13.2 Å². The zero-order valence-corrected chi connectivity index (χ0v) is 5.10. The Morgan fingerprint density at radius 1 is 1.40 bits per heavy atom. The van der Waals surface area contributed by atoms with Gasteiger partial charge in [-0.1, -0.05) is 12.2 Å². The molecule has 0 bridgehead atoms. The molecule has 1 aliphatic heterocycles. The van der Waals surface area contributed by atoms with Gasteiger partial charge in [0.25, 0.3) is 0 Å². The van der Waals surface area contributed by atoms with Gasteiger partial charge in [0.1, 0.15) is 0 Å². The normalized spacial score (nSPS) is 25.3. The van der Waals surface area contributed by atoms with E-state index in [-0.39, 0.29) is 0 Å². The maximum Gasteiger partial charge on any atom is 0.414 e. The standard InChI is InChI=1S/C6H6F3N/c7-6(8,9)5-3-1-2-4-10-5/h1,3-5H,2H2/t5-/m0/s1. The average Bonchev–Trinajstić information content (AvgIpc) is 1.88. The van der Waals surface area contributed by atoms with Crippen molar-refractivity contribution >= 4 is 6.21 Å². The lowest BCUT2D eigenvalue weighted by atomic mass is 10.2. The van der Waals surface area contributed by atoms with E-state index in [0.29, 0.717) is 6.42 Å². The van der Waals surface area contributed by atoms with Crippen molar-refractivity contribution in [2.75, 3.05) is 0 Å². The molecule has 1 rings (SSSR count). The van der Waals surface area contributed by atoms with Gasteiger partial charge in [-0.25, -0.2) is 0 Å². The third-order valence-corrected chi connectivity index (χ3v) is 1.16. The summed E-state index contributed by atoms with van der Waals surface area (Å²) in [5, 5.41) is 0. The van der Waals surface area contributed by atoms with Gasteiger partial charge in [-0.15, -0.1) is 0 Å². The molecule has 1 heterocycles. The molecule has 0 N–H and O–H groups in total. The molecule has 1 atom stereocenters. The van der Waals surface area contributed by atoms with Crippen molar-refractivity contribution in [3.05, 3.63) is 12.2 Å². The Hall–Kier alpha value is -0.800. The molecule has 56 valence electrons. The summed E-state index contributed by atoms with van der Waals surface area (Å²) in [4.78, 5) is 3.26. The molecule has 0 saturated heterocycles. The lowest BCUT2D eigenvalue weighted by molar-refractivity contribution is -0.136. The van der Waals surface area contributed by atoms with Gasteiger partial charge in [0.05, 0.1) is 0 Å². The molecule has 0 aromatic heterocycles. The Kier molecular flexibility index (Phi) is 1.78. The molecule has 0 saturated carbocycles. The Morgan fingerprint density at radius 2 is 2.10 bits per heavy atom. The van der Waals surface area contributed by atoms with Crippen molar-refractivity contribution in [1.82, 2.24) is 0 Å². The molecule has 0 spiro atoms. The summed E-state index contributed by atoms with van der Waals surface area (Å²) in [6, 6.07) is -1.61. The van der Waals surface area contributed by atoms with Crippen molar-refractivity contribution in [2.24, 2.45) is 4.99 Å². The first kappa shape index (κ1) is 7.31. The number of hydrogen-bond donors (Lipinski definition) is 0. The lowest BCUT2D eigenvalue weighted by Gasteiger charge is -2.13. The highest BCUT2D eigenvalue weighted by Crippen LogP contribution is 2.24. The van der Waals surface area contributed by atoms with Crippen LogP contribution in [-0.2, 0) is 0 Å². The van der Waals surface area contributed by atoms with Gasteiger partial charge in [0, 0.05) is 12.6 Å². The molecular formula is C6H6F3N. The van der Waals surface area contributed by atoms with Crippen LogP contribution < -0.4 is 0 Å². The van der Waals surface area contributed by atoms with Crippen LogP contribution in [0.5, 0.6) is 0 Å². The Labute approximate surface area is 56.3 Å². The molecule has 1 aliphatic rings. The first-order chi connectivity index (χ1) is 4.61. The fourth-order valence-electron chi connectivity index (χ4n) is 0.686. The van der Waals surface area contributed by atoms with Crippen LogP contribution in [0.3, 0.4) is 0 Å². The van der Waals surface area contributed by atoms with Crippen LogP contribution in [0.1, 0.15) is 6.42 Å². The zero-order chi connectivity index (χ0) is 7.61. The number of halogens is 3. The second kappa shape index (κ2) is 2.44. The molecule has 0 aromatic rings. The largest absolute Gasteiger partial charge is 0.414 e. The maximum absolute atomic E-state index is 11.8. The third-order valence-electron chi connectivity index (χ3n) is 1.16. The topological polar surface area (TPSA) is 12.4 Å². The van der Waals surface area contributed by atoms with Crippen molar-refractivity contribution < 1.29 is 13.2 Å². The monoisotopic (exact) mass is 149 g/mol. The molecular weight excluding hydrogens is 143 g/mol. The quantitative estimate of drug-likeness (QED) is 0.467. The van der Waals surface area contributed by atoms with Crippen LogP contribution in [0, 0.1) is 0 Å². The Balaban J connectivity index is 2.64. The lowest BCUT2D eigenvalue weighted by Crippen LogP contribution is -2.25. The first-order valence-electron chi connectivity index (χ1n) is 2.86. The van der Waals surface area contributed by atoms with Gasteiger partial charge < -0.3 is 0 Å². The summed E-state index contributed by atoms with van der Waals surface area (Å²) in [5.74, 6) is 0. The number of hydrogen-bond acceptors (Lipinski definition) is 1. The minimum atomic E-state index is -4.21. The van der Waals surface area contributed by atoms with E-state index in [4.69, 9.17) is 0 Å². The summed E-state index contributed by atoms with van der Waals surface area (Å²) in [6.45, 7) is 0. The van der Waals surface area contributed by atoms with Crippen LogP contribution >= 0.6 is 0 Å². The molecule has 0 amide bonds. The van der Waals surface area contributed by atoms with Crippen molar-refractivity contribution in [3.63, 3.8) is 0 Å². The smallest absolute Gasteiger partial charge is 0.280 e. The molecule has 0 aromatic carbocycles. The van der Waals surface area contributed by atoms with Crippen molar-refractivity contribution in [3.8, 4) is 0 Å². The van der Waals surface area contributed by atoms with E-state index < -0.39 is 12.2 Å². The summed E-state index contributed by atoms with van der Waals surface area (Å²) < 4.78 is 35.3.